The van der Waals surface area contributed by atoms with E-state index in [9.17, 15) is 14.4 Å². The smallest absolute Gasteiger partial charge is 0.312 e. The fourth-order valence-corrected chi connectivity index (χ4v) is 2.69. The Hall–Kier alpha value is -3.26. The number of para-hydroxylation sites is 2. The van der Waals surface area contributed by atoms with Crippen LogP contribution in [0.15, 0.2) is 48.5 Å². The Balaban J connectivity index is 2.00. The number of ether oxygens (including phenoxy) is 2. The maximum Gasteiger partial charge on any atom is 0.312 e. The molecule has 0 saturated carbocycles. The lowest BCUT2D eigenvalue weighted by Gasteiger charge is -2.19. The number of urea groups is 1. The average Bonchev–Trinajstić information content (AvgIpc) is 2.68. The van der Waals surface area contributed by atoms with Crippen LogP contribution < -0.4 is 21.1 Å². The van der Waals surface area contributed by atoms with Gasteiger partial charge in [0.1, 0.15) is 5.75 Å². The number of nitrogens with two attached hydrogens (primary N) is 1. The van der Waals surface area contributed by atoms with E-state index in [0.29, 0.717) is 22.0 Å². The molecule has 0 saturated heterocycles. The van der Waals surface area contributed by atoms with Crippen molar-refractivity contribution < 1.29 is 23.9 Å². The first-order chi connectivity index (χ1) is 13.8. The van der Waals surface area contributed by atoms with Crippen molar-refractivity contribution in [1.29, 1.82) is 0 Å². The van der Waals surface area contributed by atoms with Crippen LogP contribution in [0, 0.1) is 0 Å². The molecular weight excluding hydrogens is 398 g/mol. The van der Waals surface area contributed by atoms with E-state index in [1.807, 2.05) is 0 Å². The molecule has 0 radical (unpaired) electrons. The van der Waals surface area contributed by atoms with E-state index in [4.69, 9.17) is 26.8 Å². The summed E-state index contributed by atoms with van der Waals surface area (Å²) in [7, 11) is 1.48. The highest BCUT2D eigenvalue weighted by atomic mass is 35.5. The van der Waals surface area contributed by atoms with Crippen molar-refractivity contribution in [1.82, 2.24) is 5.32 Å². The molecule has 0 bridgehead atoms. The van der Waals surface area contributed by atoms with Crippen LogP contribution in [0.1, 0.15) is 24.9 Å². The number of methoxy groups -OCH3 is 1. The zero-order valence-electron chi connectivity index (χ0n) is 16.0. The molecule has 0 aliphatic rings. The van der Waals surface area contributed by atoms with Gasteiger partial charge in [-0.2, -0.15) is 0 Å². The zero-order valence-corrected chi connectivity index (χ0v) is 16.7. The Morgan fingerprint density at radius 3 is 2.38 bits per heavy atom. The Labute approximate surface area is 173 Å². The quantitative estimate of drug-likeness (QED) is 0.568. The normalized spacial score (nSPS) is 12.4. The number of primary amides is 1. The lowest BCUT2D eigenvalue weighted by molar-refractivity contribution is -0.153. The highest BCUT2D eigenvalue weighted by molar-refractivity contribution is 6.30. The van der Waals surface area contributed by atoms with Crippen molar-refractivity contribution >= 4 is 35.2 Å². The van der Waals surface area contributed by atoms with E-state index in [2.05, 4.69) is 10.6 Å². The van der Waals surface area contributed by atoms with Crippen LogP contribution in [0.5, 0.6) is 5.75 Å². The molecule has 0 heterocycles. The van der Waals surface area contributed by atoms with Crippen LogP contribution in [0.2, 0.25) is 5.02 Å². The summed E-state index contributed by atoms with van der Waals surface area (Å²) in [5.41, 5.74) is 6.27. The standard InChI is InChI=1S/C20H22ClN3O5/c1-12(19(26)23-15-5-3-4-6-17(15)28-2)29-18(25)11-16(24-20(22)27)13-7-9-14(21)10-8-13/h3-10,12,16H,11H2,1-2H3,(H,23,26)(H3,22,24,27)/t12-,16-/m0/s1. The van der Waals surface area contributed by atoms with Crippen LogP contribution in [0.4, 0.5) is 10.5 Å². The number of anilines is 1. The minimum absolute atomic E-state index is 0.211. The third-order valence-corrected chi connectivity index (χ3v) is 4.25. The third kappa shape index (κ3) is 6.69. The van der Waals surface area contributed by atoms with Gasteiger partial charge in [-0.25, -0.2) is 4.79 Å². The number of carbonyl (C=O) groups excluding carboxylic acids is 3. The molecule has 0 unspecified atom stereocenters. The van der Waals surface area contributed by atoms with Gasteiger partial charge in [0.15, 0.2) is 6.10 Å². The fourth-order valence-electron chi connectivity index (χ4n) is 2.57. The number of carbonyl (C=O) groups is 3. The van der Waals surface area contributed by atoms with Crippen LogP contribution in [0.25, 0.3) is 0 Å². The number of rotatable bonds is 8. The molecule has 4 N–H and O–H groups in total. The molecule has 2 atom stereocenters. The number of halogens is 1. The molecule has 0 aromatic heterocycles. The number of hydrogen-bond acceptors (Lipinski definition) is 5. The number of hydrogen-bond donors (Lipinski definition) is 3. The largest absolute Gasteiger partial charge is 0.495 e. The zero-order chi connectivity index (χ0) is 21.4. The Kier molecular flexibility index (Phi) is 7.85. The third-order valence-electron chi connectivity index (χ3n) is 4.00. The SMILES string of the molecule is COc1ccccc1NC(=O)[C@H](C)OC(=O)C[C@H](NC(N)=O)c1ccc(Cl)cc1. The molecule has 9 heteroatoms. The van der Waals surface area contributed by atoms with E-state index < -0.39 is 30.1 Å². The second-order valence-electron chi connectivity index (χ2n) is 6.14. The average molecular weight is 420 g/mol. The van der Waals surface area contributed by atoms with E-state index in [-0.39, 0.29) is 6.42 Å². The van der Waals surface area contributed by atoms with Crippen molar-refractivity contribution in [2.45, 2.75) is 25.5 Å². The van der Waals surface area contributed by atoms with E-state index in [0.717, 1.165) is 0 Å². The monoisotopic (exact) mass is 419 g/mol. The molecule has 154 valence electrons. The molecule has 2 aromatic carbocycles. The van der Waals surface area contributed by atoms with Gasteiger partial charge in [0, 0.05) is 5.02 Å². The lowest BCUT2D eigenvalue weighted by Crippen LogP contribution is -2.36. The molecule has 29 heavy (non-hydrogen) atoms. The van der Waals surface area contributed by atoms with Gasteiger partial charge in [0.05, 0.1) is 25.3 Å². The van der Waals surface area contributed by atoms with Crippen molar-refractivity contribution in [3.8, 4) is 5.75 Å². The lowest BCUT2D eigenvalue weighted by atomic mass is 10.0. The molecule has 2 rings (SSSR count). The van der Waals surface area contributed by atoms with Crippen molar-refractivity contribution in [3.05, 3.63) is 59.1 Å². The van der Waals surface area contributed by atoms with Gasteiger partial charge in [-0.3, -0.25) is 9.59 Å². The summed E-state index contributed by atoms with van der Waals surface area (Å²) in [6, 6.07) is 11.9. The predicted molar refractivity (Wildman–Crippen MR) is 109 cm³/mol. The minimum atomic E-state index is -1.06. The summed E-state index contributed by atoms with van der Waals surface area (Å²) in [5.74, 6) is -0.719. The second-order valence-corrected chi connectivity index (χ2v) is 6.57. The summed E-state index contributed by atoms with van der Waals surface area (Å²) in [4.78, 5) is 35.9. The number of benzene rings is 2. The number of nitrogens with one attached hydrogen (secondary N) is 2. The van der Waals surface area contributed by atoms with Crippen molar-refractivity contribution in [3.63, 3.8) is 0 Å². The summed E-state index contributed by atoms with van der Waals surface area (Å²) in [6.45, 7) is 1.45. The summed E-state index contributed by atoms with van der Waals surface area (Å²) >= 11 is 5.86. The Morgan fingerprint density at radius 2 is 1.76 bits per heavy atom. The summed E-state index contributed by atoms with van der Waals surface area (Å²) in [5, 5.41) is 5.64. The first-order valence-electron chi connectivity index (χ1n) is 8.75. The molecular formula is C20H22ClN3O5. The maximum absolute atomic E-state index is 12.3. The molecule has 0 aliphatic carbocycles. The molecule has 8 nitrogen and oxygen atoms in total. The van der Waals surface area contributed by atoms with E-state index >= 15 is 0 Å². The first kappa shape index (κ1) is 22.0. The summed E-state index contributed by atoms with van der Waals surface area (Å²) in [6.07, 6.45) is -1.27. The Morgan fingerprint density at radius 1 is 1.10 bits per heavy atom. The Bertz CT molecular complexity index is 873. The second kappa shape index (κ2) is 10.3. The first-order valence-corrected chi connectivity index (χ1v) is 9.12. The van der Waals surface area contributed by atoms with Gasteiger partial charge in [0.2, 0.25) is 0 Å². The fraction of sp³-hybridized carbons (Fsp3) is 0.250. The van der Waals surface area contributed by atoms with Gasteiger partial charge in [-0.1, -0.05) is 35.9 Å². The van der Waals surface area contributed by atoms with Gasteiger partial charge in [-0.15, -0.1) is 0 Å². The van der Waals surface area contributed by atoms with E-state index in [1.54, 1.807) is 48.5 Å². The number of esters is 1. The van der Waals surface area contributed by atoms with Crippen LogP contribution in [-0.4, -0.2) is 31.1 Å². The highest BCUT2D eigenvalue weighted by Crippen LogP contribution is 2.24. The predicted octanol–water partition coefficient (Wildman–Crippen LogP) is 3.02. The molecule has 3 amide bonds. The topological polar surface area (TPSA) is 120 Å². The maximum atomic E-state index is 12.3. The van der Waals surface area contributed by atoms with Gasteiger partial charge in [0.25, 0.3) is 5.91 Å². The highest BCUT2D eigenvalue weighted by Gasteiger charge is 2.23. The minimum Gasteiger partial charge on any atom is -0.495 e. The molecule has 0 fully saturated rings. The van der Waals surface area contributed by atoms with Gasteiger partial charge in [-0.05, 0) is 36.8 Å². The summed E-state index contributed by atoms with van der Waals surface area (Å²) < 4.78 is 10.4. The van der Waals surface area contributed by atoms with Crippen LogP contribution >= 0.6 is 11.6 Å². The van der Waals surface area contributed by atoms with Gasteiger partial charge >= 0.3 is 12.0 Å². The van der Waals surface area contributed by atoms with Crippen molar-refractivity contribution in [2.75, 3.05) is 12.4 Å². The molecule has 2 aromatic rings. The van der Waals surface area contributed by atoms with Crippen LogP contribution in [0.3, 0.4) is 0 Å². The van der Waals surface area contributed by atoms with Gasteiger partial charge < -0.3 is 25.8 Å². The number of amides is 3. The van der Waals surface area contributed by atoms with E-state index in [1.165, 1.54) is 14.0 Å². The van der Waals surface area contributed by atoms with Crippen LogP contribution in [-0.2, 0) is 14.3 Å². The van der Waals surface area contributed by atoms with Crippen molar-refractivity contribution in [2.24, 2.45) is 5.73 Å². The molecule has 0 spiro atoms. The molecule has 0 aliphatic heterocycles.